The molecule has 1 amide bonds. The normalized spacial score (nSPS) is 11.3. The van der Waals surface area contributed by atoms with E-state index in [0.29, 0.717) is 37.7 Å². The molecule has 2 aromatic carbocycles. The summed E-state index contributed by atoms with van der Waals surface area (Å²) in [5.74, 6) is 0.612. The number of rotatable bonds is 7. The zero-order chi connectivity index (χ0) is 22.0. The van der Waals surface area contributed by atoms with Gasteiger partial charge in [-0.25, -0.2) is 9.79 Å². The lowest BCUT2D eigenvalue weighted by atomic mass is 10.1. The summed E-state index contributed by atoms with van der Waals surface area (Å²) in [6.07, 6.45) is -4.29. The standard InChI is InChI=1S/C21H25F3N4O2.HI/c1-3-25-19(26-13-12-15-4-8-17(9-5-15)21(22,23)24)27-14-16-6-10-18(11-7-16)28-20(29)30-2;/h4-11H,3,12-14H2,1-2H3,(H,28,29)(H2,25,26,27);1H. The van der Waals surface area contributed by atoms with Crippen molar-refractivity contribution in [2.75, 3.05) is 25.5 Å². The molecule has 0 heterocycles. The molecule has 170 valence electrons. The number of hydrogen-bond acceptors (Lipinski definition) is 3. The van der Waals surface area contributed by atoms with Crippen LogP contribution in [0.5, 0.6) is 0 Å². The summed E-state index contributed by atoms with van der Waals surface area (Å²) < 4.78 is 42.4. The third-order valence-electron chi connectivity index (χ3n) is 4.14. The Bertz CT molecular complexity index is 841. The predicted octanol–water partition coefficient (Wildman–Crippen LogP) is 4.80. The Morgan fingerprint density at radius 1 is 1.00 bits per heavy atom. The van der Waals surface area contributed by atoms with E-state index in [-0.39, 0.29) is 24.0 Å². The second-order valence-electron chi connectivity index (χ2n) is 6.38. The van der Waals surface area contributed by atoms with Gasteiger partial charge in [0.25, 0.3) is 0 Å². The summed E-state index contributed by atoms with van der Waals surface area (Å²) >= 11 is 0. The quantitative estimate of drug-likeness (QED) is 0.263. The summed E-state index contributed by atoms with van der Waals surface area (Å²) in [5, 5.41) is 8.88. The number of benzene rings is 2. The molecule has 6 nitrogen and oxygen atoms in total. The van der Waals surface area contributed by atoms with Gasteiger partial charge >= 0.3 is 12.3 Å². The van der Waals surface area contributed by atoms with E-state index in [1.54, 1.807) is 12.1 Å². The predicted molar refractivity (Wildman–Crippen MR) is 126 cm³/mol. The van der Waals surface area contributed by atoms with E-state index in [9.17, 15) is 18.0 Å². The number of nitrogens with one attached hydrogen (secondary N) is 3. The van der Waals surface area contributed by atoms with E-state index < -0.39 is 17.8 Å². The van der Waals surface area contributed by atoms with Gasteiger partial charge in [-0.1, -0.05) is 24.3 Å². The highest BCUT2D eigenvalue weighted by atomic mass is 127. The van der Waals surface area contributed by atoms with Gasteiger partial charge in [-0.15, -0.1) is 24.0 Å². The van der Waals surface area contributed by atoms with Gasteiger partial charge in [-0.05, 0) is 48.7 Å². The molecule has 0 aromatic heterocycles. The second kappa shape index (κ2) is 13.0. The number of anilines is 1. The van der Waals surface area contributed by atoms with Crippen LogP contribution in [-0.2, 0) is 23.9 Å². The van der Waals surface area contributed by atoms with Gasteiger partial charge in [0, 0.05) is 18.8 Å². The van der Waals surface area contributed by atoms with Gasteiger partial charge in [0.1, 0.15) is 0 Å². The molecule has 0 saturated heterocycles. The Morgan fingerprint density at radius 3 is 2.16 bits per heavy atom. The van der Waals surface area contributed by atoms with Crippen LogP contribution in [0.4, 0.5) is 23.7 Å². The molecule has 0 unspecified atom stereocenters. The smallest absolute Gasteiger partial charge is 0.416 e. The highest BCUT2D eigenvalue weighted by Crippen LogP contribution is 2.29. The van der Waals surface area contributed by atoms with Crippen molar-refractivity contribution in [3.8, 4) is 0 Å². The number of guanidine groups is 1. The molecule has 0 bridgehead atoms. The molecule has 0 fully saturated rings. The Labute approximate surface area is 196 Å². The topological polar surface area (TPSA) is 74.8 Å². The van der Waals surface area contributed by atoms with Crippen molar-refractivity contribution in [3.05, 3.63) is 65.2 Å². The Morgan fingerprint density at radius 2 is 1.61 bits per heavy atom. The molecule has 0 saturated carbocycles. The lowest BCUT2D eigenvalue weighted by molar-refractivity contribution is -0.137. The number of ether oxygens (including phenoxy) is 1. The number of amides is 1. The Balaban J connectivity index is 0.00000480. The van der Waals surface area contributed by atoms with Gasteiger partial charge in [-0.2, -0.15) is 13.2 Å². The van der Waals surface area contributed by atoms with Crippen LogP contribution in [0.3, 0.4) is 0 Å². The molecule has 2 rings (SSSR count). The van der Waals surface area contributed by atoms with Crippen molar-refractivity contribution < 1.29 is 22.7 Å². The maximum absolute atomic E-state index is 12.6. The fourth-order valence-electron chi connectivity index (χ4n) is 2.56. The van der Waals surface area contributed by atoms with Crippen molar-refractivity contribution in [1.82, 2.24) is 10.6 Å². The number of hydrogen-bond donors (Lipinski definition) is 3. The first-order valence-corrected chi connectivity index (χ1v) is 9.44. The molecular formula is C21H26F3IN4O2. The maximum atomic E-state index is 12.6. The van der Waals surface area contributed by atoms with E-state index in [1.807, 2.05) is 19.1 Å². The molecule has 2 aromatic rings. The number of nitrogens with zero attached hydrogens (tertiary/aromatic N) is 1. The number of alkyl halides is 3. The van der Waals surface area contributed by atoms with Crippen LogP contribution in [0, 0.1) is 0 Å². The first-order valence-electron chi connectivity index (χ1n) is 9.44. The van der Waals surface area contributed by atoms with Crippen molar-refractivity contribution >= 4 is 41.7 Å². The molecule has 10 heteroatoms. The molecule has 3 N–H and O–H groups in total. The van der Waals surface area contributed by atoms with Crippen molar-refractivity contribution in [2.24, 2.45) is 4.99 Å². The number of carbonyl (C=O) groups excluding carboxylic acids is 1. The number of methoxy groups -OCH3 is 1. The molecular weight excluding hydrogens is 524 g/mol. The maximum Gasteiger partial charge on any atom is 0.416 e. The number of aliphatic imine (C=N–C) groups is 1. The minimum Gasteiger partial charge on any atom is -0.453 e. The molecule has 31 heavy (non-hydrogen) atoms. The highest BCUT2D eigenvalue weighted by Gasteiger charge is 2.29. The van der Waals surface area contributed by atoms with E-state index in [1.165, 1.54) is 19.2 Å². The van der Waals surface area contributed by atoms with E-state index in [0.717, 1.165) is 23.3 Å². The van der Waals surface area contributed by atoms with E-state index >= 15 is 0 Å². The van der Waals surface area contributed by atoms with Crippen LogP contribution in [0.1, 0.15) is 23.6 Å². The van der Waals surface area contributed by atoms with Crippen LogP contribution in [0.2, 0.25) is 0 Å². The van der Waals surface area contributed by atoms with Crippen molar-refractivity contribution in [3.63, 3.8) is 0 Å². The fourth-order valence-corrected chi connectivity index (χ4v) is 2.56. The highest BCUT2D eigenvalue weighted by molar-refractivity contribution is 14.0. The third kappa shape index (κ3) is 9.45. The van der Waals surface area contributed by atoms with E-state index in [2.05, 4.69) is 25.7 Å². The molecule has 0 atom stereocenters. The third-order valence-corrected chi connectivity index (χ3v) is 4.14. The second-order valence-corrected chi connectivity index (χ2v) is 6.38. The summed E-state index contributed by atoms with van der Waals surface area (Å²) in [4.78, 5) is 15.7. The van der Waals surface area contributed by atoms with Crippen LogP contribution in [0.15, 0.2) is 53.5 Å². The molecule has 0 radical (unpaired) electrons. The molecule has 0 spiro atoms. The number of halogens is 4. The molecule has 0 aliphatic carbocycles. The zero-order valence-electron chi connectivity index (χ0n) is 17.3. The SMILES string of the molecule is CCNC(=NCc1ccc(NC(=O)OC)cc1)NCCc1ccc(C(F)(F)F)cc1.I. The summed E-state index contributed by atoms with van der Waals surface area (Å²) in [6.45, 7) is 3.57. The van der Waals surface area contributed by atoms with Crippen molar-refractivity contribution in [2.45, 2.75) is 26.1 Å². The van der Waals surface area contributed by atoms with Gasteiger partial charge in [0.2, 0.25) is 0 Å². The molecule has 0 aliphatic heterocycles. The average molecular weight is 550 g/mol. The fraction of sp³-hybridized carbons (Fsp3) is 0.333. The first-order chi connectivity index (χ1) is 14.3. The van der Waals surface area contributed by atoms with Gasteiger partial charge in [0.15, 0.2) is 5.96 Å². The largest absolute Gasteiger partial charge is 0.453 e. The molecule has 0 aliphatic rings. The summed E-state index contributed by atoms with van der Waals surface area (Å²) in [5.41, 5.74) is 1.73. The monoisotopic (exact) mass is 550 g/mol. The summed E-state index contributed by atoms with van der Waals surface area (Å²) in [7, 11) is 1.30. The lowest BCUT2D eigenvalue weighted by Crippen LogP contribution is -2.38. The first kappa shape index (κ1) is 26.5. The van der Waals surface area contributed by atoms with Crippen LogP contribution in [-0.4, -0.2) is 32.3 Å². The van der Waals surface area contributed by atoms with Crippen LogP contribution < -0.4 is 16.0 Å². The van der Waals surface area contributed by atoms with Crippen LogP contribution in [0.25, 0.3) is 0 Å². The van der Waals surface area contributed by atoms with Gasteiger partial charge in [-0.3, -0.25) is 5.32 Å². The lowest BCUT2D eigenvalue weighted by Gasteiger charge is -2.12. The van der Waals surface area contributed by atoms with Gasteiger partial charge in [0.05, 0.1) is 19.2 Å². The van der Waals surface area contributed by atoms with E-state index in [4.69, 9.17) is 0 Å². The minimum atomic E-state index is -4.32. The number of carbonyl (C=O) groups is 1. The van der Waals surface area contributed by atoms with Crippen molar-refractivity contribution in [1.29, 1.82) is 0 Å². The summed E-state index contributed by atoms with van der Waals surface area (Å²) in [6, 6.07) is 12.4. The Kier molecular flexibility index (Phi) is 11.2. The van der Waals surface area contributed by atoms with Crippen LogP contribution >= 0.6 is 24.0 Å². The Hall–Kier alpha value is -2.50. The van der Waals surface area contributed by atoms with Gasteiger partial charge < -0.3 is 15.4 Å². The average Bonchev–Trinajstić information content (AvgIpc) is 2.72. The zero-order valence-corrected chi connectivity index (χ0v) is 19.6. The minimum absolute atomic E-state index is 0.